The molecule has 1 amide bonds. The van der Waals surface area contributed by atoms with Gasteiger partial charge in [0.1, 0.15) is 5.82 Å². The molecular weight excluding hydrogens is 323 g/mol. The van der Waals surface area contributed by atoms with Crippen molar-refractivity contribution in [3.05, 3.63) is 23.9 Å². The van der Waals surface area contributed by atoms with E-state index in [0.29, 0.717) is 17.4 Å². The highest BCUT2D eigenvalue weighted by Crippen LogP contribution is 2.15. The Hall–Kier alpha value is -1.04. The molecule has 2 atom stereocenters. The molecule has 1 fully saturated rings. The van der Waals surface area contributed by atoms with E-state index in [4.69, 9.17) is 0 Å². The monoisotopic (exact) mass is 348 g/mol. The minimum absolute atomic E-state index is 0. The molecule has 22 heavy (non-hydrogen) atoms. The summed E-state index contributed by atoms with van der Waals surface area (Å²) in [5.41, 5.74) is 0.610. The minimum Gasteiger partial charge on any atom is -0.367 e. The maximum atomic E-state index is 12.4. The summed E-state index contributed by atoms with van der Waals surface area (Å²) in [4.78, 5) is 16.7. The molecule has 1 saturated heterocycles. The number of nitrogens with one attached hydrogen (secondary N) is 3. The highest BCUT2D eigenvalue weighted by molar-refractivity contribution is 5.98. The number of carbonyl (C=O) groups excluding carboxylic acids is 1. The molecule has 1 aliphatic rings. The summed E-state index contributed by atoms with van der Waals surface area (Å²) in [6.45, 7) is 7.20. The van der Waals surface area contributed by atoms with Crippen molar-refractivity contribution in [2.75, 3.05) is 11.9 Å². The van der Waals surface area contributed by atoms with E-state index in [2.05, 4.69) is 27.9 Å². The van der Waals surface area contributed by atoms with E-state index in [1.54, 1.807) is 12.3 Å². The van der Waals surface area contributed by atoms with Crippen LogP contribution in [0.3, 0.4) is 0 Å². The van der Waals surface area contributed by atoms with E-state index in [0.717, 1.165) is 19.4 Å². The Morgan fingerprint density at radius 1 is 1.41 bits per heavy atom. The van der Waals surface area contributed by atoms with E-state index in [-0.39, 0.29) is 42.8 Å². The Balaban J connectivity index is 0.00000220. The van der Waals surface area contributed by atoms with Gasteiger partial charge in [-0.2, -0.15) is 0 Å². The molecule has 1 aliphatic heterocycles. The molecular formula is C15H26Cl2N4O. The topological polar surface area (TPSA) is 66.0 Å². The SMILES string of the molecule is CC(C)Nc1ncccc1C(=O)NC1CCCNC1C.Cl.Cl. The highest BCUT2D eigenvalue weighted by Gasteiger charge is 2.24. The van der Waals surface area contributed by atoms with Crippen LogP contribution in [0.15, 0.2) is 18.3 Å². The van der Waals surface area contributed by atoms with Gasteiger partial charge in [0.2, 0.25) is 0 Å². The molecule has 2 heterocycles. The van der Waals surface area contributed by atoms with Gasteiger partial charge in [0.05, 0.1) is 5.56 Å². The van der Waals surface area contributed by atoms with Crippen LogP contribution in [0, 0.1) is 0 Å². The van der Waals surface area contributed by atoms with Crippen LogP contribution in [-0.2, 0) is 0 Å². The number of amides is 1. The van der Waals surface area contributed by atoms with Gasteiger partial charge in [-0.3, -0.25) is 4.79 Å². The number of halogens is 2. The second kappa shape index (κ2) is 9.87. The Morgan fingerprint density at radius 3 is 2.77 bits per heavy atom. The average molecular weight is 349 g/mol. The fraction of sp³-hybridized carbons (Fsp3) is 0.600. The van der Waals surface area contributed by atoms with E-state index in [1.165, 1.54) is 0 Å². The van der Waals surface area contributed by atoms with Crippen molar-refractivity contribution in [3.63, 3.8) is 0 Å². The first-order valence-corrected chi connectivity index (χ1v) is 7.33. The molecule has 2 unspecified atom stereocenters. The van der Waals surface area contributed by atoms with Crippen LogP contribution in [-0.4, -0.2) is 35.6 Å². The third-order valence-electron chi connectivity index (χ3n) is 3.56. The normalized spacial score (nSPS) is 20.5. The van der Waals surface area contributed by atoms with Crippen molar-refractivity contribution in [3.8, 4) is 0 Å². The van der Waals surface area contributed by atoms with E-state index in [1.807, 2.05) is 19.9 Å². The Kier molecular flexibility index (Phi) is 9.41. The molecule has 7 heteroatoms. The van der Waals surface area contributed by atoms with Gasteiger partial charge in [-0.25, -0.2) is 4.98 Å². The number of nitrogens with zero attached hydrogens (tertiary/aromatic N) is 1. The standard InChI is InChI=1S/C15H24N4O.2ClH/c1-10(2)18-14-12(6-4-9-17-14)15(20)19-13-7-5-8-16-11(13)3;;/h4,6,9-11,13,16H,5,7-8H2,1-3H3,(H,17,18)(H,19,20);2*1H. The summed E-state index contributed by atoms with van der Waals surface area (Å²) in [7, 11) is 0. The van der Waals surface area contributed by atoms with E-state index < -0.39 is 0 Å². The first-order chi connectivity index (χ1) is 9.58. The van der Waals surface area contributed by atoms with Gasteiger partial charge in [-0.05, 0) is 52.3 Å². The van der Waals surface area contributed by atoms with Gasteiger partial charge >= 0.3 is 0 Å². The number of piperidine rings is 1. The quantitative estimate of drug-likeness (QED) is 0.782. The van der Waals surface area contributed by atoms with Gasteiger partial charge in [-0.15, -0.1) is 24.8 Å². The fourth-order valence-electron chi connectivity index (χ4n) is 2.46. The highest BCUT2D eigenvalue weighted by atomic mass is 35.5. The van der Waals surface area contributed by atoms with Crippen molar-refractivity contribution in [2.45, 2.75) is 51.7 Å². The molecule has 3 N–H and O–H groups in total. The summed E-state index contributed by atoms with van der Waals surface area (Å²) in [5.74, 6) is 0.596. The summed E-state index contributed by atoms with van der Waals surface area (Å²) < 4.78 is 0. The van der Waals surface area contributed by atoms with Crippen molar-refractivity contribution in [1.29, 1.82) is 0 Å². The summed E-state index contributed by atoms with van der Waals surface area (Å²) >= 11 is 0. The third-order valence-corrected chi connectivity index (χ3v) is 3.56. The van der Waals surface area contributed by atoms with Crippen LogP contribution < -0.4 is 16.0 Å². The number of aromatic nitrogens is 1. The van der Waals surface area contributed by atoms with Crippen LogP contribution in [0.1, 0.15) is 44.0 Å². The summed E-state index contributed by atoms with van der Waals surface area (Å²) in [6.07, 6.45) is 3.82. The molecule has 5 nitrogen and oxygen atoms in total. The molecule has 0 saturated carbocycles. The summed E-state index contributed by atoms with van der Waals surface area (Å²) in [6, 6.07) is 4.35. The van der Waals surface area contributed by atoms with Gasteiger partial charge in [0.25, 0.3) is 5.91 Å². The predicted molar refractivity (Wildman–Crippen MR) is 95.4 cm³/mol. The number of hydrogen-bond donors (Lipinski definition) is 3. The molecule has 1 aromatic heterocycles. The lowest BCUT2D eigenvalue weighted by molar-refractivity contribution is 0.0920. The Labute approximate surface area is 144 Å². The molecule has 0 radical (unpaired) electrons. The fourth-order valence-corrected chi connectivity index (χ4v) is 2.46. The number of carbonyl (C=O) groups is 1. The Morgan fingerprint density at radius 2 is 2.14 bits per heavy atom. The van der Waals surface area contributed by atoms with Crippen molar-refractivity contribution < 1.29 is 4.79 Å². The zero-order valence-corrected chi connectivity index (χ0v) is 14.9. The third kappa shape index (κ3) is 5.63. The summed E-state index contributed by atoms with van der Waals surface area (Å²) in [5, 5.41) is 9.72. The van der Waals surface area contributed by atoms with Gasteiger partial charge in [0.15, 0.2) is 0 Å². The lowest BCUT2D eigenvalue weighted by Gasteiger charge is -2.30. The first kappa shape index (κ1) is 21.0. The predicted octanol–water partition coefficient (Wildman–Crippen LogP) is 2.62. The molecule has 1 aromatic rings. The molecule has 0 bridgehead atoms. The molecule has 0 spiro atoms. The van der Waals surface area contributed by atoms with Crippen molar-refractivity contribution >= 4 is 36.5 Å². The largest absolute Gasteiger partial charge is 0.367 e. The lowest BCUT2D eigenvalue weighted by atomic mass is 9.99. The molecule has 126 valence electrons. The number of anilines is 1. The lowest BCUT2D eigenvalue weighted by Crippen LogP contribution is -2.52. The van der Waals surface area contributed by atoms with Gasteiger partial charge in [0, 0.05) is 24.3 Å². The van der Waals surface area contributed by atoms with E-state index in [9.17, 15) is 4.79 Å². The first-order valence-electron chi connectivity index (χ1n) is 7.33. The van der Waals surface area contributed by atoms with Crippen LogP contribution in [0.2, 0.25) is 0 Å². The van der Waals surface area contributed by atoms with Gasteiger partial charge < -0.3 is 16.0 Å². The van der Waals surface area contributed by atoms with E-state index >= 15 is 0 Å². The van der Waals surface area contributed by atoms with Crippen LogP contribution in [0.25, 0.3) is 0 Å². The maximum absolute atomic E-state index is 12.4. The zero-order chi connectivity index (χ0) is 14.5. The number of rotatable bonds is 4. The smallest absolute Gasteiger partial charge is 0.255 e. The maximum Gasteiger partial charge on any atom is 0.255 e. The second-order valence-corrected chi connectivity index (χ2v) is 5.66. The number of pyridine rings is 1. The van der Waals surface area contributed by atoms with Gasteiger partial charge in [-0.1, -0.05) is 0 Å². The number of hydrogen-bond acceptors (Lipinski definition) is 4. The molecule has 0 aromatic carbocycles. The molecule has 2 rings (SSSR count). The molecule has 0 aliphatic carbocycles. The minimum atomic E-state index is -0.0539. The van der Waals surface area contributed by atoms with Crippen molar-refractivity contribution in [2.24, 2.45) is 0 Å². The average Bonchev–Trinajstić information content (AvgIpc) is 2.41. The zero-order valence-electron chi connectivity index (χ0n) is 13.3. The van der Waals surface area contributed by atoms with Crippen LogP contribution in [0.4, 0.5) is 5.82 Å². The second-order valence-electron chi connectivity index (χ2n) is 5.66. The van der Waals surface area contributed by atoms with Crippen LogP contribution >= 0.6 is 24.8 Å². The van der Waals surface area contributed by atoms with Crippen molar-refractivity contribution in [1.82, 2.24) is 15.6 Å². The van der Waals surface area contributed by atoms with Crippen LogP contribution in [0.5, 0.6) is 0 Å². The Bertz CT molecular complexity index is 471.